The van der Waals surface area contributed by atoms with Crippen molar-refractivity contribution >= 4 is 12.0 Å². The number of rotatable bonds is 5. The molecule has 0 atom stereocenters. The fourth-order valence-corrected chi connectivity index (χ4v) is 3.10. The van der Waals surface area contributed by atoms with Gasteiger partial charge in [0.25, 0.3) is 0 Å². The van der Waals surface area contributed by atoms with Crippen LogP contribution in [-0.4, -0.2) is 60.7 Å². The minimum atomic E-state index is -0.217. The van der Waals surface area contributed by atoms with Crippen LogP contribution in [0.5, 0.6) is 5.75 Å². The number of amides is 2. The number of nitrogens with zero attached hydrogens (tertiary/aromatic N) is 2. The van der Waals surface area contributed by atoms with Gasteiger partial charge in [-0.25, -0.2) is 4.79 Å². The lowest BCUT2D eigenvalue weighted by Crippen LogP contribution is -2.47. The molecule has 0 unspecified atom stereocenters. The Balaban J connectivity index is 1.39. The van der Waals surface area contributed by atoms with Crippen LogP contribution in [0.15, 0.2) is 30.3 Å². The van der Waals surface area contributed by atoms with Crippen LogP contribution in [0.2, 0.25) is 0 Å². The van der Waals surface area contributed by atoms with E-state index < -0.39 is 0 Å². The van der Waals surface area contributed by atoms with Gasteiger partial charge in [-0.05, 0) is 25.0 Å². The Labute approximate surface area is 136 Å². The van der Waals surface area contributed by atoms with Crippen molar-refractivity contribution in [3.05, 3.63) is 30.3 Å². The number of benzene rings is 1. The van der Waals surface area contributed by atoms with E-state index in [2.05, 4.69) is 0 Å². The summed E-state index contributed by atoms with van der Waals surface area (Å²) in [5, 5.41) is 0. The zero-order valence-electron chi connectivity index (χ0n) is 13.1. The van der Waals surface area contributed by atoms with Crippen LogP contribution in [0, 0.1) is 0 Å². The third-order valence-electron chi connectivity index (χ3n) is 4.38. The van der Waals surface area contributed by atoms with Gasteiger partial charge in [-0.3, -0.25) is 4.79 Å². The molecule has 0 spiro atoms. The summed E-state index contributed by atoms with van der Waals surface area (Å²) in [7, 11) is 0. The molecule has 2 amide bonds. The van der Waals surface area contributed by atoms with Gasteiger partial charge in [0, 0.05) is 19.1 Å². The monoisotopic (exact) mass is 318 g/mol. The Morgan fingerprint density at radius 2 is 1.91 bits per heavy atom. The fraction of sp³-hybridized carbons (Fsp3) is 0.529. The number of likely N-dealkylation sites (tertiary alicyclic amines) is 1. The number of carbonyl (C=O) groups excluding carboxylic acids is 2. The van der Waals surface area contributed by atoms with E-state index in [4.69, 9.17) is 9.47 Å². The molecule has 2 aliphatic rings. The highest BCUT2D eigenvalue weighted by Crippen LogP contribution is 2.20. The quantitative estimate of drug-likeness (QED) is 0.832. The lowest BCUT2D eigenvalue weighted by molar-refractivity contribution is -0.133. The maximum absolute atomic E-state index is 12.2. The molecular weight excluding hydrogens is 296 g/mol. The topological polar surface area (TPSA) is 59.1 Å². The summed E-state index contributed by atoms with van der Waals surface area (Å²) in [6.07, 6.45) is 1.80. The van der Waals surface area contributed by atoms with Crippen molar-refractivity contribution in [2.24, 2.45) is 0 Å². The minimum absolute atomic E-state index is 0.114. The summed E-state index contributed by atoms with van der Waals surface area (Å²) >= 11 is 0. The highest BCUT2D eigenvalue weighted by molar-refractivity contribution is 5.76. The molecule has 23 heavy (non-hydrogen) atoms. The number of ether oxygens (including phenoxy) is 2. The van der Waals surface area contributed by atoms with E-state index in [0.29, 0.717) is 39.3 Å². The van der Waals surface area contributed by atoms with Gasteiger partial charge in [-0.15, -0.1) is 0 Å². The standard InChI is InChI=1S/C17H22N2O4/c20-16(8-12-22-15-4-2-1-3-5-15)18-9-6-14(7-10-18)19-11-13-23-17(19)21/h1-5,14H,6-13H2. The molecule has 0 aromatic heterocycles. The first-order valence-electron chi connectivity index (χ1n) is 8.13. The second-order valence-corrected chi connectivity index (χ2v) is 5.83. The Kier molecular flexibility index (Phi) is 5.00. The van der Waals surface area contributed by atoms with Gasteiger partial charge in [0.1, 0.15) is 12.4 Å². The molecule has 2 saturated heterocycles. The molecule has 0 aliphatic carbocycles. The summed E-state index contributed by atoms with van der Waals surface area (Å²) < 4.78 is 10.5. The summed E-state index contributed by atoms with van der Waals surface area (Å²) in [5.41, 5.74) is 0. The summed E-state index contributed by atoms with van der Waals surface area (Å²) in [4.78, 5) is 27.5. The average Bonchev–Trinajstić information content (AvgIpc) is 3.02. The first-order chi connectivity index (χ1) is 11.2. The van der Waals surface area contributed by atoms with Crippen LogP contribution in [-0.2, 0) is 9.53 Å². The van der Waals surface area contributed by atoms with Crippen LogP contribution in [0.3, 0.4) is 0 Å². The molecule has 124 valence electrons. The van der Waals surface area contributed by atoms with Gasteiger partial charge in [0.05, 0.1) is 19.6 Å². The van der Waals surface area contributed by atoms with Gasteiger partial charge in [-0.2, -0.15) is 0 Å². The summed E-state index contributed by atoms with van der Waals surface area (Å²) in [5.74, 6) is 0.898. The third kappa shape index (κ3) is 3.94. The van der Waals surface area contributed by atoms with Crippen molar-refractivity contribution in [1.82, 2.24) is 9.80 Å². The second-order valence-electron chi connectivity index (χ2n) is 5.83. The van der Waals surface area contributed by atoms with Gasteiger partial charge in [0.15, 0.2) is 0 Å². The lowest BCUT2D eigenvalue weighted by atomic mass is 10.0. The molecule has 0 radical (unpaired) electrons. The van der Waals surface area contributed by atoms with Gasteiger partial charge in [-0.1, -0.05) is 18.2 Å². The normalized spacial score (nSPS) is 18.9. The largest absolute Gasteiger partial charge is 0.493 e. The van der Waals surface area contributed by atoms with E-state index >= 15 is 0 Å². The van der Waals surface area contributed by atoms with Crippen molar-refractivity contribution < 1.29 is 19.1 Å². The zero-order chi connectivity index (χ0) is 16.1. The Morgan fingerprint density at radius 1 is 1.17 bits per heavy atom. The number of cyclic esters (lactones) is 1. The van der Waals surface area contributed by atoms with Crippen LogP contribution >= 0.6 is 0 Å². The number of piperidine rings is 1. The van der Waals surface area contributed by atoms with Crippen LogP contribution < -0.4 is 4.74 Å². The molecule has 6 heteroatoms. The predicted octanol–water partition coefficient (Wildman–Crippen LogP) is 1.90. The Morgan fingerprint density at radius 3 is 2.57 bits per heavy atom. The zero-order valence-corrected chi connectivity index (χ0v) is 13.1. The molecule has 2 fully saturated rings. The minimum Gasteiger partial charge on any atom is -0.493 e. The molecule has 3 rings (SSSR count). The molecule has 1 aromatic rings. The average molecular weight is 318 g/mol. The summed E-state index contributed by atoms with van der Waals surface area (Å²) in [6, 6.07) is 9.71. The molecule has 6 nitrogen and oxygen atoms in total. The number of para-hydroxylation sites is 1. The highest BCUT2D eigenvalue weighted by atomic mass is 16.6. The van der Waals surface area contributed by atoms with Crippen LogP contribution in [0.4, 0.5) is 4.79 Å². The number of hydrogen-bond acceptors (Lipinski definition) is 4. The van der Waals surface area contributed by atoms with E-state index in [1.165, 1.54) is 0 Å². The molecule has 0 saturated carbocycles. The number of hydrogen-bond donors (Lipinski definition) is 0. The second kappa shape index (κ2) is 7.35. The summed E-state index contributed by atoms with van der Waals surface area (Å²) in [6.45, 7) is 2.93. The van der Waals surface area contributed by atoms with E-state index in [0.717, 1.165) is 18.6 Å². The van der Waals surface area contributed by atoms with Gasteiger partial charge in [0.2, 0.25) is 5.91 Å². The van der Waals surface area contributed by atoms with Crippen molar-refractivity contribution in [3.8, 4) is 5.75 Å². The first kappa shape index (κ1) is 15.6. The van der Waals surface area contributed by atoms with Gasteiger partial charge >= 0.3 is 6.09 Å². The third-order valence-corrected chi connectivity index (χ3v) is 4.38. The molecule has 2 heterocycles. The molecule has 2 aliphatic heterocycles. The Hall–Kier alpha value is -2.24. The Bertz CT molecular complexity index is 541. The molecule has 1 aromatic carbocycles. The van der Waals surface area contributed by atoms with Crippen molar-refractivity contribution in [1.29, 1.82) is 0 Å². The number of carbonyl (C=O) groups is 2. The van der Waals surface area contributed by atoms with Crippen LogP contribution in [0.1, 0.15) is 19.3 Å². The highest BCUT2D eigenvalue weighted by Gasteiger charge is 2.33. The maximum Gasteiger partial charge on any atom is 0.410 e. The van der Waals surface area contributed by atoms with Crippen molar-refractivity contribution in [2.45, 2.75) is 25.3 Å². The molecule has 0 N–H and O–H groups in total. The van der Waals surface area contributed by atoms with Crippen molar-refractivity contribution in [3.63, 3.8) is 0 Å². The van der Waals surface area contributed by atoms with E-state index in [1.807, 2.05) is 35.2 Å². The predicted molar refractivity (Wildman–Crippen MR) is 84.2 cm³/mol. The smallest absolute Gasteiger partial charge is 0.410 e. The maximum atomic E-state index is 12.2. The fourth-order valence-electron chi connectivity index (χ4n) is 3.10. The van der Waals surface area contributed by atoms with Crippen molar-refractivity contribution in [2.75, 3.05) is 32.8 Å². The van der Waals surface area contributed by atoms with E-state index in [9.17, 15) is 9.59 Å². The van der Waals surface area contributed by atoms with E-state index in [-0.39, 0.29) is 18.0 Å². The molecule has 0 bridgehead atoms. The SMILES string of the molecule is O=C(CCOc1ccccc1)N1CCC(N2CCOC2=O)CC1. The van der Waals surface area contributed by atoms with E-state index in [1.54, 1.807) is 4.90 Å². The van der Waals surface area contributed by atoms with Crippen LogP contribution in [0.25, 0.3) is 0 Å². The first-order valence-corrected chi connectivity index (χ1v) is 8.13. The molecular formula is C17H22N2O4. The lowest BCUT2D eigenvalue weighted by Gasteiger charge is -2.35. The van der Waals surface area contributed by atoms with Gasteiger partial charge < -0.3 is 19.3 Å².